The molecule has 5 heteroatoms. The number of halogens is 1. The highest BCUT2D eigenvalue weighted by Gasteiger charge is 2.13. The van der Waals surface area contributed by atoms with Gasteiger partial charge in [0.25, 0.3) is 5.91 Å². The first-order chi connectivity index (χ1) is 8.97. The normalized spacial score (nSPS) is 10.2. The number of anilines is 1. The summed E-state index contributed by atoms with van der Waals surface area (Å²) >= 11 is 0. The summed E-state index contributed by atoms with van der Waals surface area (Å²) in [5.41, 5.74) is 0.797. The second-order valence-electron chi connectivity index (χ2n) is 4.14. The van der Waals surface area contributed by atoms with Crippen molar-refractivity contribution in [3.05, 3.63) is 53.3 Å². The van der Waals surface area contributed by atoms with E-state index in [-0.39, 0.29) is 22.7 Å². The molecule has 0 aliphatic heterocycles. The van der Waals surface area contributed by atoms with Crippen LogP contribution in [-0.4, -0.2) is 16.1 Å². The average molecular weight is 261 g/mol. The van der Waals surface area contributed by atoms with Gasteiger partial charge in [-0.05, 0) is 36.8 Å². The lowest BCUT2D eigenvalue weighted by Gasteiger charge is -2.08. The van der Waals surface area contributed by atoms with Gasteiger partial charge in [0.1, 0.15) is 17.3 Å². The third kappa shape index (κ3) is 2.82. The minimum atomic E-state index is -0.750. The number of rotatable bonds is 2. The average Bonchev–Trinajstić information content (AvgIpc) is 2.32. The van der Waals surface area contributed by atoms with Crippen LogP contribution < -0.4 is 5.32 Å². The van der Waals surface area contributed by atoms with E-state index >= 15 is 0 Å². The monoisotopic (exact) mass is 261 g/mol. The molecule has 0 bridgehead atoms. The smallest absolute Gasteiger partial charge is 0.259 e. The Balaban J connectivity index is 2.25. The number of aromatic hydroxyl groups is 2. The van der Waals surface area contributed by atoms with E-state index in [0.717, 1.165) is 11.6 Å². The van der Waals surface area contributed by atoms with Gasteiger partial charge in [0.05, 0.1) is 11.3 Å². The van der Waals surface area contributed by atoms with E-state index < -0.39 is 11.7 Å². The molecule has 0 saturated heterocycles. The molecule has 0 atom stereocenters. The van der Waals surface area contributed by atoms with Gasteiger partial charge in [-0.1, -0.05) is 6.07 Å². The van der Waals surface area contributed by atoms with E-state index in [1.807, 2.05) is 0 Å². The van der Waals surface area contributed by atoms with Crippen LogP contribution in [0.4, 0.5) is 10.1 Å². The summed E-state index contributed by atoms with van der Waals surface area (Å²) in [7, 11) is 0. The Morgan fingerprint density at radius 1 is 1.16 bits per heavy atom. The Labute approximate surface area is 109 Å². The van der Waals surface area contributed by atoms with Crippen molar-refractivity contribution in [1.29, 1.82) is 0 Å². The lowest BCUT2D eigenvalue weighted by Crippen LogP contribution is -2.13. The zero-order chi connectivity index (χ0) is 14.0. The molecule has 0 aliphatic rings. The molecule has 0 aliphatic carbocycles. The number of hydrogen-bond acceptors (Lipinski definition) is 3. The predicted octanol–water partition coefficient (Wildman–Crippen LogP) is 2.80. The molecule has 0 radical (unpaired) electrons. The molecule has 19 heavy (non-hydrogen) atoms. The van der Waals surface area contributed by atoms with E-state index in [4.69, 9.17) is 5.11 Å². The lowest BCUT2D eigenvalue weighted by molar-refractivity contribution is 0.102. The summed E-state index contributed by atoms with van der Waals surface area (Å²) in [5, 5.41) is 21.1. The van der Waals surface area contributed by atoms with E-state index in [1.165, 1.54) is 24.3 Å². The van der Waals surface area contributed by atoms with Crippen LogP contribution in [0.3, 0.4) is 0 Å². The standard InChI is InChI=1S/C14H12FNO3/c1-8-2-4-10(13(18)6-8)14(19)16-12-5-3-9(17)7-11(12)15/h2-7,17-18H,1H3,(H,16,19). The second kappa shape index (κ2) is 4.97. The van der Waals surface area contributed by atoms with Crippen molar-refractivity contribution in [2.24, 2.45) is 0 Å². The third-order valence-electron chi connectivity index (χ3n) is 2.60. The molecule has 4 nitrogen and oxygen atoms in total. The van der Waals surface area contributed by atoms with Gasteiger partial charge in [-0.15, -0.1) is 0 Å². The largest absolute Gasteiger partial charge is 0.508 e. The first-order valence-corrected chi connectivity index (χ1v) is 5.57. The molecule has 2 rings (SSSR count). The molecule has 3 N–H and O–H groups in total. The maximum absolute atomic E-state index is 13.5. The number of hydrogen-bond donors (Lipinski definition) is 3. The number of nitrogens with one attached hydrogen (secondary N) is 1. The maximum atomic E-state index is 13.5. The minimum Gasteiger partial charge on any atom is -0.508 e. The summed E-state index contributed by atoms with van der Waals surface area (Å²) in [6.07, 6.45) is 0. The summed E-state index contributed by atoms with van der Waals surface area (Å²) in [4.78, 5) is 11.9. The molecule has 0 aromatic heterocycles. The van der Waals surface area contributed by atoms with Crippen molar-refractivity contribution in [2.45, 2.75) is 6.92 Å². The van der Waals surface area contributed by atoms with Crippen molar-refractivity contribution < 1.29 is 19.4 Å². The first-order valence-electron chi connectivity index (χ1n) is 5.57. The Morgan fingerprint density at radius 2 is 1.89 bits per heavy atom. The van der Waals surface area contributed by atoms with E-state index in [0.29, 0.717) is 0 Å². The highest BCUT2D eigenvalue weighted by molar-refractivity contribution is 6.06. The number of aryl methyl sites for hydroxylation is 1. The molecular weight excluding hydrogens is 249 g/mol. The lowest BCUT2D eigenvalue weighted by atomic mass is 10.1. The molecule has 0 saturated carbocycles. The quantitative estimate of drug-likeness (QED) is 0.728. The molecular formula is C14H12FNO3. The van der Waals surface area contributed by atoms with Crippen LogP contribution >= 0.6 is 0 Å². The van der Waals surface area contributed by atoms with Crippen LogP contribution in [0.1, 0.15) is 15.9 Å². The summed E-state index contributed by atoms with van der Waals surface area (Å²) in [6, 6.07) is 7.97. The molecule has 2 aromatic rings. The number of phenols is 2. The fourth-order valence-electron chi connectivity index (χ4n) is 1.63. The predicted molar refractivity (Wildman–Crippen MR) is 68.9 cm³/mol. The number of phenolic OH excluding ortho intramolecular Hbond substituents is 2. The Kier molecular flexibility index (Phi) is 3.37. The van der Waals surface area contributed by atoms with Gasteiger partial charge < -0.3 is 15.5 Å². The van der Waals surface area contributed by atoms with Crippen LogP contribution in [0.2, 0.25) is 0 Å². The Bertz CT molecular complexity index is 641. The van der Waals surface area contributed by atoms with Crippen LogP contribution in [-0.2, 0) is 0 Å². The van der Waals surface area contributed by atoms with E-state index in [1.54, 1.807) is 13.0 Å². The van der Waals surface area contributed by atoms with Gasteiger partial charge in [-0.25, -0.2) is 4.39 Å². The molecule has 2 aromatic carbocycles. The zero-order valence-electron chi connectivity index (χ0n) is 10.1. The molecule has 1 amide bonds. The zero-order valence-corrected chi connectivity index (χ0v) is 10.1. The van der Waals surface area contributed by atoms with Gasteiger partial charge >= 0.3 is 0 Å². The van der Waals surface area contributed by atoms with Gasteiger partial charge in [0, 0.05) is 6.07 Å². The highest BCUT2D eigenvalue weighted by atomic mass is 19.1. The number of carbonyl (C=O) groups is 1. The number of amides is 1. The van der Waals surface area contributed by atoms with Gasteiger partial charge in [0.15, 0.2) is 0 Å². The molecule has 0 fully saturated rings. The number of benzene rings is 2. The van der Waals surface area contributed by atoms with Crippen LogP contribution in [0.15, 0.2) is 36.4 Å². The summed E-state index contributed by atoms with van der Waals surface area (Å²) in [5.74, 6) is -1.77. The Morgan fingerprint density at radius 3 is 2.53 bits per heavy atom. The summed E-state index contributed by atoms with van der Waals surface area (Å²) in [6.45, 7) is 1.78. The molecule has 0 unspecified atom stereocenters. The van der Waals surface area contributed by atoms with Gasteiger partial charge in [-0.2, -0.15) is 0 Å². The molecule has 0 spiro atoms. The topological polar surface area (TPSA) is 69.6 Å². The molecule has 0 heterocycles. The fraction of sp³-hybridized carbons (Fsp3) is 0.0714. The van der Waals surface area contributed by atoms with Crippen LogP contribution in [0, 0.1) is 12.7 Å². The van der Waals surface area contributed by atoms with Crippen molar-refractivity contribution in [2.75, 3.05) is 5.32 Å². The SMILES string of the molecule is Cc1ccc(C(=O)Nc2ccc(O)cc2F)c(O)c1. The summed E-state index contributed by atoms with van der Waals surface area (Å²) < 4.78 is 13.5. The van der Waals surface area contributed by atoms with Crippen molar-refractivity contribution in [3.8, 4) is 11.5 Å². The Hall–Kier alpha value is -2.56. The van der Waals surface area contributed by atoms with E-state index in [9.17, 15) is 14.3 Å². The second-order valence-corrected chi connectivity index (χ2v) is 4.14. The van der Waals surface area contributed by atoms with E-state index in [2.05, 4.69) is 5.32 Å². The highest BCUT2D eigenvalue weighted by Crippen LogP contribution is 2.23. The van der Waals surface area contributed by atoms with Gasteiger partial charge in [-0.3, -0.25) is 4.79 Å². The van der Waals surface area contributed by atoms with Gasteiger partial charge in [0.2, 0.25) is 0 Å². The van der Waals surface area contributed by atoms with Crippen LogP contribution in [0.25, 0.3) is 0 Å². The third-order valence-corrected chi connectivity index (χ3v) is 2.60. The number of carbonyl (C=O) groups excluding carboxylic acids is 1. The van der Waals surface area contributed by atoms with Crippen LogP contribution in [0.5, 0.6) is 11.5 Å². The van der Waals surface area contributed by atoms with Crippen molar-refractivity contribution in [3.63, 3.8) is 0 Å². The van der Waals surface area contributed by atoms with Crippen molar-refractivity contribution >= 4 is 11.6 Å². The fourth-order valence-corrected chi connectivity index (χ4v) is 1.63. The van der Waals surface area contributed by atoms with Crippen molar-refractivity contribution in [1.82, 2.24) is 0 Å². The maximum Gasteiger partial charge on any atom is 0.259 e. The first kappa shape index (κ1) is 12.9. The molecule has 98 valence electrons. The minimum absolute atomic E-state index is 0.0538.